The highest BCUT2D eigenvalue weighted by Gasteiger charge is 2.41. The molecule has 0 radical (unpaired) electrons. The Morgan fingerprint density at radius 2 is 2.08 bits per heavy atom. The van der Waals surface area contributed by atoms with Gasteiger partial charge in [0.1, 0.15) is 0 Å². The van der Waals surface area contributed by atoms with E-state index in [-0.39, 0.29) is 34.9 Å². The van der Waals surface area contributed by atoms with Gasteiger partial charge in [0.05, 0.1) is 18.2 Å². The Balaban J connectivity index is 1.66. The molecule has 1 saturated heterocycles. The molecule has 0 aromatic heterocycles. The lowest BCUT2D eigenvalue weighted by molar-refractivity contribution is -0.129. The molecule has 0 bridgehead atoms. The summed E-state index contributed by atoms with van der Waals surface area (Å²) in [6, 6.07) is 7.55. The number of hydrogen-bond acceptors (Lipinski definition) is 4. The average Bonchev–Trinajstić information content (AvgIpc) is 2.87. The molecule has 1 aliphatic heterocycles. The zero-order chi connectivity index (χ0) is 17.1. The summed E-state index contributed by atoms with van der Waals surface area (Å²) in [5.74, 6) is 0.0401. The Morgan fingerprint density at radius 3 is 2.79 bits per heavy atom. The highest BCUT2D eigenvalue weighted by molar-refractivity contribution is 8.14. The Kier molecular flexibility index (Phi) is 5.23. The van der Waals surface area contributed by atoms with E-state index >= 15 is 0 Å². The Bertz CT molecular complexity index is 645. The molecular weight excluding hydrogens is 324 g/mol. The Labute approximate surface area is 146 Å². The number of nitrogens with one attached hydrogen (secondary N) is 1. The maximum absolute atomic E-state index is 12.4. The van der Waals surface area contributed by atoms with Crippen LogP contribution < -0.4 is 5.32 Å². The highest BCUT2D eigenvalue weighted by Crippen LogP contribution is 2.30. The summed E-state index contributed by atoms with van der Waals surface area (Å²) in [6.45, 7) is 2.00. The predicted molar refractivity (Wildman–Crippen MR) is 93.8 cm³/mol. The van der Waals surface area contributed by atoms with Crippen molar-refractivity contribution in [1.29, 1.82) is 0 Å². The molecule has 1 aromatic rings. The lowest BCUT2D eigenvalue weighted by Gasteiger charge is -2.36. The molecule has 1 aliphatic carbocycles. The number of thioether (sulfide) groups is 1. The molecule has 2 fully saturated rings. The zero-order valence-electron chi connectivity index (χ0n) is 13.8. The molecule has 1 N–H and O–H groups in total. The molecule has 1 saturated carbocycles. The fraction of sp³-hybridized carbons (Fsp3) is 0.500. The standard InChI is InChI=1S/C18H22N2O3S/c1-12-5-4-6-13(9-12)10-16(21)19-14-7-2-3-8-15(14)20-17(22)11-24-18(20)23/h4-6,9,14-15H,2-3,7-8,10-11H2,1H3,(H,19,21). The largest absolute Gasteiger partial charge is 0.351 e. The van der Waals surface area contributed by atoms with Crippen molar-refractivity contribution in [2.45, 2.75) is 51.1 Å². The van der Waals surface area contributed by atoms with E-state index in [1.807, 2.05) is 31.2 Å². The molecule has 1 heterocycles. The Hall–Kier alpha value is -1.82. The van der Waals surface area contributed by atoms with E-state index in [1.54, 1.807) is 0 Å². The van der Waals surface area contributed by atoms with Crippen molar-refractivity contribution in [3.05, 3.63) is 35.4 Å². The smallest absolute Gasteiger partial charge is 0.289 e. The molecule has 6 heteroatoms. The van der Waals surface area contributed by atoms with Crippen LogP contribution >= 0.6 is 11.8 Å². The van der Waals surface area contributed by atoms with Crippen LogP contribution in [0, 0.1) is 6.92 Å². The minimum absolute atomic E-state index is 0.0516. The molecule has 3 rings (SSSR count). The summed E-state index contributed by atoms with van der Waals surface area (Å²) < 4.78 is 0. The third-order valence-corrected chi connectivity index (χ3v) is 5.47. The van der Waals surface area contributed by atoms with Crippen LogP contribution in [0.1, 0.15) is 36.8 Å². The molecule has 24 heavy (non-hydrogen) atoms. The van der Waals surface area contributed by atoms with E-state index in [2.05, 4.69) is 5.32 Å². The summed E-state index contributed by atoms with van der Waals surface area (Å²) in [5, 5.41) is 2.88. The molecule has 2 unspecified atom stereocenters. The van der Waals surface area contributed by atoms with Crippen LogP contribution in [-0.4, -0.2) is 39.8 Å². The first-order valence-electron chi connectivity index (χ1n) is 8.38. The summed E-state index contributed by atoms with van der Waals surface area (Å²) >= 11 is 1.06. The fourth-order valence-electron chi connectivity index (χ4n) is 3.54. The minimum atomic E-state index is -0.199. The molecule has 128 valence electrons. The number of amides is 3. The monoisotopic (exact) mass is 346 g/mol. The van der Waals surface area contributed by atoms with Crippen molar-refractivity contribution < 1.29 is 14.4 Å². The second-order valence-electron chi connectivity index (χ2n) is 6.51. The van der Waals surface area contributed by atoms with Gasteiger partial charge in [0.15, 0.2) is 0 Å². The lowest BCUT2D eigenvalue weighted by Crippen LogP contribution is -2.55. The summed E-state index contributed by atoms with van der Waals surface area (Å²) in [5.41, 5.74) is 2.10. The van der Waals surface area contributed by atoms with Crippen LogP contribution in [0.15, 0.2) is 24.3 Å². The number of rotatable bonds is 4. The van der Waals surface area contributed by atoms with Gasteiger partial charge < -0.3 is 5.32 Å². The van der Waals surface area contributed by atoms with Crippen LogP contribution in [0.4, 0.5) is 4.79 Å². The Morgan fingerprint density at radius 1 is 1.29 bits per heavy atom. The summed E-state index contributed by atoms with van der Waals surface area (Å²) in [6.07, 6.45) is 3.90. The van der Waals surface area contributed by atoms with Gasteiger partial charge in [-0.2, -0.15) is 0 Å². The van der Waals surface area contributed by atoms with E-state index in [0.717, 1.165) is 48.6 Å². The molecule has 2 aliphatic rings. The number of aryl methyl sites for hydroxylation is 1. The van der Waals surface area contributed by atoms with Gasteiger partial charge >= 0.3 is 0 Å². The number of carbonyl (C=O) groups is 3. The molecule has 5 nitrogen and oxygen atoms in total. The lowest BCUT2D eigenvalue weighted by atomic mass is 9.89. The average molecular weight is 346 g/mol. The van der Waals surface area contributed by atoms with Crippen molar-refractivity contribution in [3.63, 3.8) is 0 Å². The maximum Gasteiger partial charge on any atom is 0.289 e. The van der Waals surface area contributed by atoms with Gasteiger partial charge in [-0.1, -0.05) is 54.4 Å². The van der Waals surface area contributed by atoms with Gasteiger partial charge in [-0.15, -0.1) is 0 Å². The van der Waals surface area contributed by atoms with Crippen molar-refractivity contribution in [3.8, 4) is 0 Å². The molecule has 2 atom stereocenters. The van der Waals surface area contributed by atoms with Gasteiger partial charge in [0, 0.05) is 6.04 Å². The van der Waals surface area contributed by atoms with Gasteiger partial charge in [-0.25, -0.2) is 0 Å². The van der Waals surface area contributed by atoms with Crippen LogP contribution in [0.5, 0.6) is 0 Å². The van der Waals surface area contributed by atoms with Crippen LogP contribution in [0.3, 0.4) is 0 Å². The van der Waals surface area contributed by atoms with Gasteiger partial charge in [-0.05, 0) is 25.3 Å². The first kappa shape index (κ1) is 17.0. The number of carbonyl (C=O) groups excluding carboxylic acids is 3. The molecule has 0 spiro atoms. The number of hydrogen-bond donors (Lipinski definition) is 1. The van der Waals surface area contributed by atoms with E-state index in [4.69, 9.17) is 0 Å². The van der Waals surface area contributed by atoms with Crippen LogP contribution in [0.25, 0.3) is 0 Å². The zero-order valence-corrected chi connectivity index (χ0v) is 14.6. The second kappa shape index (κ2) is 7.38. The summed E-state index contributed by atoms with van der Waals surface area (Å²) in [7, 11) is 0. The third kappa shape index (κ3) is 3.80. The minimum Gasteiger partial charge on any atom is -0.351 e. The number of imide groups is 1. The first-order chi connectivity index (χ1) is 11.5. The van der Waals surface area contributed by atoms with Gasteiger partial charge in [-0.3, -0.25) is 19.3 Å². The van der Waals surface area contributed by atoms with Crippen molar-refractivity contribution in [1.82, 2.24) is 10.2 Å². The molecule has 3 amide bonds. The number of nitrogens with zero attached hydrogens (tertiary/aromatic N) is 1. The maximum atomic E-state index is 12.4. The van der Waals surface area contributed by atoms with Gasteiger partial charge in [0.25, 0.3) is 5.24 Å². The second-order valence-corrected chi connectivity index (χ2v) is 7.44. The van der Waals surface area contributed by atoms with E-state index in [1.165, 1.54) is 4.90 Å². The normalized spacial score (nSPS) is 24.3. The first-order valence-corrected chi connectivity index (χ1v) is 9.37. The quantitative estimate of drug-likeness (QED) is 0.910. The van der Waals surface area contributed by atoms with E-state index in [0.29, 0.717) is 6.42 Å². The van der Waals surface area contributed by atoms with Crippen LogP contribution in [-0.2, 0) is 16.0 Å². The van der Waals surface area contributed by atoms with Crippen molar-refractivity contribution in [2.75, 3.05) is 5.75 Å². The van der Waals surface area contributed by atoms with Crippen molar-refractivity contribution in [2.24, 2.45) is 0 Å². The topological polar surface area (TPSA) is 66.5 Å². The van der Waals surface area contributed by atoms with E-state index in [9.17, 15) is 14.4 Å². The highest BCUT2D eigenvalue weighted by atomic mass is 32.2. The molecule has 1 aromatic carbocycles. The summed E-state index contributed by atoms with van der Waals surface area (Å²) in [4.78, 5) is 37.8. The van der Waals surface area contributed by atoms with Crippen LogP contribution in [0.2, 0.25) is 0 Å². The predicted octanol–water partition coefficient (Wildman–Crippen LogP) is 2.66. The number of benzene rings is 1. The SMILES string of the molecule is Cc1cccc(CC(=O)NC2CCCCC2N2C(=O)CSC2=O)c1. The van der Waals surface area contributed by atoms with E-state index < -0.39 is 0 Å². The fourth-order valence-corrected chi connectivity index (χ4v) is 4.30. The molecular formula is C18H22N2O3S. The van der Waals surface area contributed by atoms with Gasteiger partial charge in [0.2, 0.25) is 11.8 Å². The third-order valence-electron chi connectivity index (χ3n) is 4.64. The van der Waals surface area contributed by atoms with Crippen molar-refractivity contribution >= 4 is 28.8 Å².